The largest absolute Gasteiger partial charge is 0.378 e. The minimum absolute atomic E-state index is 0.0161. The Morgan fingerprint density at radius 2 is 2.35 bits per heavy atom. The van der Waals surface area contributed by atoms with E-state index in [1.54, 1.807) is 6.20 Å². The van der Waals surface area contributed by atoms with Gasteiger partial charge in [-0.2, -0.15) is 0 Å². The number of nitrogens with zero attached hydrogens (tertiary/aromatic N) is 2. The van der Waals surface area contributed by atoms with Gasteiger partial charge < -0.3 is 5.32 Å². The molecular weight excluding hydrogens is 286 g/mol. The van der Waals surface area contributed by atoms with E-state index >= 15 is 0 Å². The van der Waals surface area contributed by atoms with Crippen LogP contribution in [0.5, 0.6) is 0 Å². The van der Waals surface area contributed by atoms with Gasteiger partial charge in [0, 0.05) is 12.7 Å². The molecule has 0 spiro atoms. The predicted molar refractivity (Wildman–Crippen MR) is 69.0 cm³/mol. The highest BCUT2D eigenvalue weighted by Crippen LogP contribution is 2.37. The van der Waals surface area contributed by atoms with E-state index in [9.17, 15) is 10.1 Å². The summed E-state index contributed by atoms with van der Waals surface area (Å²) in [6, 6.07) is 0. The van der Waals surface area contributed by atoms with E-state index in [0.717, 1.165) is 12.5 Å². The molecule has 5 nitrogen and oxygen atoms in total. The molecule has 1 heterocycles. The van der Waals surface area contributed by atoms with Crippen LogP contribution in [0.2, 0.25) is 0 Å². The molecule has 1 aromatic rings. The molecule has 2 rings (SSSR count). The first-order valence-electron chi connectivity index (χ1n) is 5.61. The number of hydrogen-bond donors (Lipinski definition) is 1. The standard InChI is InChI=1S/C11H14BrN3O2/c1-7(8-2-3-8)4-14-11-9(12)5-13-6-10(11)15(16)17/h5-8H,2-4H2,1H3,(H,13,14). The van der Waals surface area contributed by atoms with Crippen LogP contribution in [0.25, 0.3) is 0 Å². The van der Waals surface area contributed by atoms with Crippen molar-refractivity contribution in [3.05, 3.63) is 27.0 Å². The smallest absolute Gasteiger partial charge is 0.311 e. The van der Waals surface area contributed by atoms with Gasteiger partial charge in [-0.25, -0.2) is 0 Å². The Labute approximate surface area is 108 Å². The Kier molecular flexibility index (Phi) is 3.61. The lowest BCUT2D eigenvalue weighted by Crippen LogP contribution is -2.14. The van der Waals surface area contributed by atoms with Crippen LogP contribution in [-0.2, 0) is 0 Å². The summed E-state index contributed by atoms with van der Waals surface area (Å²) >= 11 is 3.29. The number of nitrogens with one attached hydrogen (secondary N) is 1. The lowest BCUT2D eigenvalue weighted by molar-refractivity contribution is -0.384. The summed E-state index contributed by atoms with van der Waals surface area (Å²) in [6.07, 6.45) is 5.40. The van der Waals surface area contributed by atoms with Crippen molar-refractivity contribution in [2.75, 3.05) is 11.9 Å². The molecule has 0 bridgehead atoms. The Bertz CT molecular complexity index is 435. The Balaban J connectivity index is 2.10. The van der Waals surface area contributed by atoms with E-state index in [-0.39, 0.29) is 5.69 Å². The van der Waals surface area contributed by atoms with Crippen LogP contribution < -0.4 is 5.32 Å². The number of anilines is 1. The summed E-state index contributed by atoms with van der Waals surface area (Å²) in [6.45, 7) is 2.93. The van der Waals surface area contributed by atoms with Gasteiger partial charge in [0.25, 0.3) is 0 Å². The molecule has 1 fully saturated rings. The van der Waals surface area contributed by atoms with E-state index in [1.807, 2.05) is 0 Å². The molecule has 1 unspecified atom stereocenters. The molecule has 1 atom stereocenters. The monoisotopic (exact) mass is 299 g/mol. The number of rotatable bonds is 5. The Morgan fingerprint density at radius 1 is 1.65 bits per heavy atom. The lowest BCUT2D eigenvalue weighted by Gasteiger charge is -2.13. The van der Waals surface area contributed by atoms with Crippen molar-refractivity contribution in [2.24, 2.45) is 11.8 Å². The van der Waals surface area contributed by atoms with Gasteiger partial charge >= 0.3 is 5.69 Å². The highest BCUT2D eigenvalue weighted by molar-refractivity contribution is 9.10. The van der Waals surface area contributed by atoms with Gasteiger partial charge in [-0.05, 0) is 40.6 Å². The van der Waals surface area contributed by atoms with Crippen LogP contribution in [0.4, 0.5) is 11.4 Å². The van der Waals surface area contributed by atoms with Gasteiger partial charge in [0.05, 0.1) is 9.40 Å². The molecule has 1 aliphatic rings. The molecule has 0 amide bonds. The maximum Gasteiger partial charge on any atom is 0.311 e. The van der Waals surface area contributed by atoms with Crippen LogP contribution in [0.15, 0.2) is 16.9 Å². The first kappa shape index (κ1) is 12.3. The van der Waals surface area contributed by atoms with Crippen molar-refractivity contribution in [1.29, 1.82) is 0 Å². The van der Waals surface area contributed by atoms with Crippen molar-refractivity contribution in [3.63, 3.8) is 0 Å². The second-order valence-electron chi connectivity index (χ2n) is 4.47. The summed E-state index contributed by atoms with van der Waals surface area (Å²) in [7, 11) is 0. The second-order valence-corrected chi connectivity index (χ2v) is 5.32. The minimum Gasteiger partial charge on any atom is -0.378 e. The fourth-order valence-electron chi connectivity index (χ4n) is 1.83. The number of halogens is 1. The van der Waals surface area contributed by atoms with Gasteiger partial charge in [0.15, 0.2) is 0 Å². The SMILES string of the molecule is CC(CNc1c(Br)cncc1[N+](=O)[O-])C1CC1. The summed E-state index contributed by atoms with van der Waals surface area (Å²) in [5, 5.41) is 14.0. The zero-order valence-corrected chi connectivity index (χ0v) is 11.1. The average molecular weight is 300 g/mol. The Hall–Kier alpha value is -1.17. The zero-order valence-electron chi connectivity index (χ0n) is 9.52. The third-order valence-corrected chi connectivity index (χ3v) is 3.71. The fraction of sp³-hybridized carbons (Fsp3) is 0.545. The molecule has 17 heavy (non-hydrogen) atoms. The van der Waals surface area contributed by atoms with Gasteiger partial charge in [-0.1, -0.05) is 6.92 Å². The van der Waals surface area contributed by atoms with Crippen LogP contribution in [0.1, 0.15) is 19.8 Å². The summed E-state index contributed by atoms with van der Waals surface area (Å²) < 4.78 is 0.634. The van der Waals surface area contributed by atoms with Gasteiger partial charge in [-0.15, -0.1) is 0 Å². The van der Waals surface area contributed by atoms with Crippen molar-refractivity contribution in [2.45, 2.75) is 19.8 Å². The van der Waals surface area contributed by atoms with Gasteiger partial charge in [-0.3, -0.25) is 15.1 Å². The third kappa shape index (κ3) is 2.94. The molecule has 6 heteroatoms. The van der Waals surface area contributed by atoms with E-state index in [0.29, 0.717) is 16.1 Å². The molecule has 0 aliphatic heterocycles. The molecule has 0 radical (unpaired) electrons. The van der Waals surface area contributed by atoms with Crippen molar-refractivity contribution >= 4 is 27.3 Å². The minimum atomic E-state index is -0.415. The van der Waals surface area contributed by atoms with Crippen molar-refractivity contribution < 1.29 is 4.92 Å². The second kappa shape index (κ2) is 5.00. The summed E-state index contributed by atoms with van der Waals surface area (Å²) in [5.41, 5.74) is 0.542. The van der Waals surface area contributed by atoms with Crippen molar-refractivity contribution in [1.82, 2.24) is 4.98 Å². The molecule has 0 saturated heterocycles. The van der Waals surface area contributed by atoms with Gasteiger partial charge in [0.2, 0.25) is 0 Å². The van der Waals surface area contributed by atoms with E-state index in [2.05, 4.69) is 33.2 Å². The molecule has 1 saturated carbocycles. The summed E-state index contributed by atoms with van der Waals surface area (Å²) in [4.78, 5) is 14.3. The maximum absolute atomic E-state index is 10.9. The van der Waals surface area contributed by atoms with Gasteiger partial charge in [0.1, 0.15) is 11.9 Å². The number of aromatic nitrogens is 1. The van der Waals surface area contributed by atoms with Crippen molar-refractivity contribution in [3.8, 4) is 0 Å². The molecular formula is C11H14BrN3O2. The van der Waals surface area contributed by atoms with Crippen LogP contribution in [0, 0.1) is 22.0 Å². The van der Waals surface area contributed by atoms with E-state index in [1.165, 1.54) is 19.0 Å². The topological polar surface area (TPSA) is 68.1 Å². The molecule has 92 valence electrons. The Morgan fingerprint density at radius 3 is 2.94 bits per heavy atom. The third-order valence-electron chi connectivity index (χ3n) is 3.10. The molecule has 1 aliphatic carbocycles. The van der Waals surface area contributed by atoms with E-state index < -0.39 is 4.92 Å². The average Bonchev–Trinajstić information content (AvgIpc) is 3.10. The highest BCUT2D eigenvalue weighted by atomic mass is 79.9. The number of hydrogen-bond acceptors (Lipinski definition) is 4. The maximum atomic E-state index is 10.9. The van der Waals surface area contributed by atoms with Crippen LogP contribution in [-0.4, -0.2) is 16.5 Å². The first-order valence-corrected chi connectivity index (χ1v) is 6.40. The van der Waals surface area contributed by atoms with Crippen LogP contribution in [0.3, 0.4) is 0 Å². The lowest BCUT2D eigenvalue weighted by atomic mass is 10.1. The molecule has 1 aromatic heterocycles. The zero-order chi connectivity index (χ0) is 12.4. The molecule has 0 aromatic carbocycles. The first-order chi connectivity index (χ1) is 8.09. The highest BCUT2D eigenvalue weighted by Gasteiger charge is 2.28. The molecule has 1 N–H and O–H groups in total. The van der Waals surface area contributed by atoms with Crippen LogP contribution >= 0.6 is 15.9 Å². The number of nitro groups is 1. The number of pyridine rings is 1. The fourth-order valence-corrected chi connectivity index (χ4v) is 2.29. The summed E-state index contributed by atoms with van der Waals surface area (Å²) in [5.74, 6) is 1.33. The van der Waals surface area contributed by atoms with E-state index in [4.69, 9.17) is 0 Å². The quantitative estimate of drug-likeness (QED) is 0.669. The predicted octanol–water partition coefficient (Wildman–Crippen LogP) is 3.21. The normalized spacial score (nSPS) is 16.6.